The molecular formula is C9H22N2O4S. The van der Waals surface area contributed by atoms with Gasteiger partial charge in [-0.3, -0.25) is 0 Å². The number of aliphatic hydroxyl groups is 1. The van der Waals surface area contributed by atoms with Gasteiger partial charge in [-0.15, -0.1) is 0 Å². The van der Waals surface area contributed by atoms with Crippen molar-refractivity contribution in [3.63, 3.8) is 0 Å². The topological polar surface area (TPSA) is 70.1 Å². The molecule has 0 rings (SSSR count). The molecule has 0 spiro atoms. The van der Waals surface area contributed by atoms with Crippen LogP contribution in [0, 0.1) is 0 Å². The molecule has 7 heteroatoms. The molecule has 0 aromatic heterocycles. The van der Waals surface area contributed by atoms with Crippen molar-refractivity contribution in [3.8, 4) is 0 Å². The zero-order chi connectivity index (χ0) is 12.6. The second-order valence-electron chi connectivity index (χ2n) is 3.21. The Hall–Kier alpha value is -0.210. The summed E-state index contributed by atoms with van der Waals surface area (Å²) in [5, 5.41) is 8.86. The second kappa shape index (κ2) is 7.97. The van der Waals surface area contributed by atoms with Crippen LogP contribution in [0.5, 0.6) is 0 Å². The standard InChI is InChI=1S/C9H22N2O4S/c1-4-10(5-2)16(13,14)11(6-8-12)7-9-15-3/h12H,4-9H2,1-3H3. The van der Waals surface area contributed by atoms with Gasteiger partial charge in [0.2, 0.25) is 0 Å². The van der Waals surface area contributed by atoms with Gasteiger partial charge in [0.15, 0.2) is 0 Å². The van der Waals surface area contributed by atoms with E-state index in [0.29, 0.717) is 19.7 Å². The lowest BCUT2D eigenvalue weighted by atomic mass is 10.6. The van der Waals surface area contributed by atoms with Gasteiger partial charge in [0.05, 0.1) is 13.2 Å². The zero-order valence-corrected chi connectivity index (χ0v) is 11.0. The van der Waals surface area contributed by atoms with Crippen LogP contribution in [-0.2, 0) is 14.9 Å². The van der Waals surface area contributed by atoms with Crippen molar-refractivity contribution < 1.29 is 18.3 Å². The van der Waals surface area contributed by atoms with E-state index in [1.807, 2.05) is 0 Å². The quantitative estimate of drug-likeness (QED) is 0.603. The van der Waals surface area contributed by atoms with E-state index in [0.717, 1.165) is 0 Å². The summed E-state index contributed by atoms with van der Waals surface area (Å²) in [5.41, 5.74) is 0. The van der Waals surface area contributed by atoms with Crippen LogP contribution in [-0.4, -0.2) is 68.6 Å². The Bertz CT molecular complexity index is 265. The Balaban J connectivity index is 4.72. The number of aliphatic hydroxyl groups excluding tert-OH is 1. The van der Waals surface area contributed by atoms with Gasteiger partial charge in [-0.2, -0.15) is 17.0 Å². The van der Waals surface area contributed by atoms with Crippen molar-refractivity contribution in [2.75, 3.05) is 46.5 Å². The molecule has 98 valence electrons. The third kappa shape index (κ3) is 4.34. The van der Waals surface area contributed by atoms with E-state index in [1.54, 1.807) is 13.8 Å². The van der Waals surface area contributed by atoms with Crippen LogP contribution >= 0.6 is 0 Å². The van der Waals surface area contributed by atoms with Gasteiger partial charge in [-0.05, 0) is 0 Å². The minimum absolute atomic E-state index is 0.0994. The van der Waals surface area contributed by atoms with Crippen LogP contribution in [0.4, 0.5) is 0 Å². The molecule has 1 N–H and O–H groups in total. The normalized spacial score (nSPS) is 12.6. The van der Waals surface area contributed by atoms with Crippen molar-refractivity contribution in [1.82, 2.24) is 8.61 Å². The Labute approximate surface area is 98.0 Å². The number of rotatable bonds is 9. The first kappa shape index (κ1) is 15.8. The van der Waals surface area contributed by atoms with Gasteiger partial charge in [0.1, 0.15) is 0 Å². The summed E-state index contributed by atoms with van der Waals surface area (Å²) >= 11 is 0. The smallest absolute Gasteiger partial charge is 0.282 e. The summed E-state index contributed by atoms with van der Waals surface area (Å²) < 4.78 is 31.6. The van der Waals surface area contributed by atoms with Crippen molar-refractivity contribution >= 4 is 10.2 Å². The molecule has 0 saturated carbocycles. The summed E-state index contributed by atoms with van der Waals surface area (Å²) in [7, 11) is -1.96. The molecule has 0 atom stereocenters. The van der Waals surface area contributed by atoms with Crippen molar-refractivity contribution in [2.24, 2.45) is 0 Å². The zero-order valence-electron chi connectivity index (χ0n) is 10.2. The van der Waals surface area contributed by atoms with E-state index in [2.05, 4.69) is 0 Å². The lowest BCUT2D eigenvalue weighted by Gasteiger charge is -2.27. The Morgan fingerprint density at radius 2 is 1.69 bits per heavy atom. The summed E-state index contributed by atoms with van der Waals surface area (Å²) in [4.78, 5) is 0. The van der Waals surface area contributed by atoms with E-state index in [9.17, 15) is 8.42 Å². The van der Waals surface area contributed by atoms with Crippen molar-refractivity contribution in [3.05, 3.63) is 0 Å². The minimum Gasteiger partial charge on any atom is -0.395 e. The van der Waals surface area contributed by atoms with Gasteiger partial charge in [0, 0.05) is 33.3 Å². The maximum absolute atomic E-state index is 12.1. The highest BCUT2D eigenvalue weighted by Gasteiger charge is 2.26. The van der Waals surface area contributed by atoms with Crippen molar-refractivity contribution in [1.29, 1.82) is 0 Å². The Kier molecular flexibility index (Phi) is 7.86. The Morgan fingerprint density at radius 1 is 1.12 bits per heavy atom. The molecule has 0 fully saturated rings. The highest BCUT2D eigenvalue weighted by Crippen LogP contribution is 2.07. The number of methoxy groups -OCH3 is 1. The van der Waals surface area contributed by atoms with E-state index < -0.39 is 10.2 Å². The summed E-state index contributed by atoms with van der Waals surface area (Å²) in [6.07, 6.45) is 0. The molecule has 0 saturated heterocycles. The molecule has 0 aromatic carbocycles. The number of nitrogens with zero attached hydrogens (tertiary/aromatic N) is 2. The minimum atomic E-state index is -3.47. The first-order chi connectivity index (χ1) is 7.54. The van der Waals surface area contributed by atoms with Crippen molar-refractivity contribution in [2.45, 2.75) is 13.8 Å². The summed E-state index contributed by atoms with van der Waals surface area (Å²) in [5.74, 6) is 0. The third-order valence-corrected chi connectivity index (χ3v) is 4.44. The largest absolute Gasteiger partial charge is 0.395 e. The predicted molar refractivity (Wildman–Crippen MR) is 62.4 cm³/mol. The fourth-order valence-electron chi connectivity index (χ4n) is 1.36. The molecular weight excluding hydrogens is 232 g/mol. The number of ether oxygens (including phenoxy) is 1. The molecule has 0 radical (unpaired) electrons. The van der Waals surface area contributed by atoms with Crippen LogP contribution in [0.2, 0.25) is 0 Å². The van der Waals surface area contributed by atoms with Crippen LogP contribution in [0.3, 0.4) is 0 Å². The monoisotopic (exact) mass is 254 g/mol. The Morgan fingerprint density at radius 3 is 2.06 bits per heavy atom. The second-order valence-corrected chi connectivity index (χ2v) is 5.14. The van der Waals surface area contributed by atoms with Gasteiger partial charge in [-0.1, -0.05) is 13.8 Å². The van der Waals surface area contributed by atoms with E-state index in [1.165, 1.54) is 15.7 Å². The lowest BCUT2D eigenvalue weighted by Crippen LogP contribution is -2.46. The molecule has 0 amide bonds. The fourth-order valence-corrected chi connectivity index (χ4v) is 2.96. The van der Waals surface area contributed by atoms with Crippen LogP contribution in [0.15, 0.2) is 0 Å². The molecule has 0 aliphatic rings. The molecule has 0 aliphatic carbocycles. The lowest BCUT2D eigenvalue weighted by molar-refractivity contribution is 0.165. The predicted octanol–water partition coefficient (Wildman–Crippen LogP) is -0.486. The fraction of sp³-hybridized carbons (Fsp3) is 1.00. The maximum atomic E-state index is 12.1. The van der Waals surface area contributed by atoms with E-state index in [-0.39, 0.29) is 19.7 Å². The number of hydrogen-bond donors (Lipinski definition) is 1. The summed E-state index contributed by atoms with van der Waals surface area (Å²) in [6, 6.07) is 0. The van der Waals surface area contributed by atoms with Crippen LogP contribution < -0.4 is 0 Å². The van der Waals surface area contributed by atoms with Crippen LogP contribution in [0.1, 0.15) is 13.8 Å². The first-order valence-electron chi connectivity index (χ1n) is 5.39. The maximum Gasteiger partial charge on any atom is 0.282 e. The first-order valence-corrected chi connectivity index (χ1v) is 6.79. The molecule has 0 unspecified atom stereocenters. The van der Waals surface area contributed by atoms with E-state index >= 15 is 0 Å². The van der Waals surface area contributed by atoms with Gasteiger partial charge >= 0.3 is 0 Å². The molecule has 0 heterocycles. The van der Waals surface area contributed by atoms with E-state index in [4.69, 9.17) is 9.84 Å². The van der Waals surface area contributed by atoms with Gasteiger partial charge in [0.25, 0.3) is 10.2 Å². The molecule has 0 bridgehead atoms. The molecule has 6 nitrogen and oxygen atoms in total. The molecule has 16 heavy (non-hydrogen) atoms. The SMILES string of the molecule is CCN(CC)S(=O)(=O)N(CCO)CCOC. The molecule has 0 aromatic rings. The average Bonchev–Trinajstić information content (AvgIpc) is 2.25. The third-order valence-electron chi connectivity index (χ3n) is 2.25. The highest BCUT2D eigenvalue weighted by atomic mass is 32.2. The highest BCUT2D eigenvalue weighted by molar-refractivity contribution is 7.86. The number of hydrogen-bond acceptors (Lipinski definition) is 4. The van der Waals surface area contributed by atoms with Gasteiger partial charge < -0.3 is 9.84 Å². The molecule has 0 aliphatic heterocycles. The average molecular weight is 254 g/mol. The van der Waals surface area contributed by atoms with Gasteiger partial charge in [-0.25, -0.2) is 0 Å². The van der Waals surface area contributed by atoms with Crippen LogP contribution in [0.25, 0.3) is 0 Å². The summed E-state index contributed by atoms with van der Waals surface area (Å²) in [6.45, 7) is 4.91.